The van der Waals surface area contributed by atoms with Gasteiger partial charge in [0.15, 0.2) is 0 Å². The summed E-state index contributed by atoms with van der Waals surface area (Å²) in [6.45, 7) is 2.47. The predicted molar refractivity (Wildman–Crippen MR) is 110 cm³/mol. The van der Waals surface area contributed by atoms with E-state index in [1.807, 2.05) is 91.9 Å². The molecule has 27 heavy (non-hydrogen) atoms. The Kier molecular flexibility index (Phi) is 4.67. The van der Waals surface area contributed by atoms with Crippen molar-refractivity contribution in [3.63, 3.8) is 0 Å². The first-order valence-electron chi connectivity index (χ1n) is 9.01. The van der Waals surface area contributed by atoms with Crippen LogP contribution < -0.4 is 5.32 Å². The van der Waals surface area contributed by atoms with Gasteiger partial charge in [-0.05, 0) is 24.1 Å². The molecule has 132 valence electrons. The fraction of sp³-hybridized carbons (Fsp3) is 0.0833. The monoisotopic (exact) mass is 352 g/mol. The van der Waals surface area contributed by atoms with E-state index in [2.05, 4.69) is 5.32 Å². The fourth-order valence-electron chi connectivity index (χ4n) is 3.34. The standard InChI is InChI=1S/C24H20N2O/c1-17-22(24(27)25-16-18-10-4-2-5-11-18)20-14-8-9-15-21(20)26-23(17)19-12-6-3-7-13-19/h2-15H,16H2,1H3,(H,25,27). The largest absolute Gasteiger partial charge is 0.348 e. The lowest BCUT2D eigenvalue weighted by atomic mass is 9.97. The third-order valence-electron chi connectivity index (χ3n) is 4.71. The second-order valence-electron chi connectivity index (χ2n) is 6.51. The van der Waals surface area contributed by atoms with Gasteiger partial charge in [0, 0.05) is 17.5 Å². The second-order valence-corrected chi connectivity index (χ2v) is 6.51. The minimum absolute atomic E-state index is 0.0767. The Morgan fingerprint density at radius 2 is 1.48 bits per heavy atom. The van der Waals surface area contributed by atoms with Gasteiger partial charge in [-0.25, -0.2) is 4.98 Å². The molecule has 3 aromatic carbocycles. The van der Waals surface area contributed by atoms with Crippen LogP contribution in [0.1, 0.15) is 21.5 Å². The molecule has 0 aliphatic carbocycles. The number of hydrogen-bond donors (Lipinski definition) is 1. The van der Waals surface area contributed by atoms with Crippen LogP contribution >= 0.6 is 0 Å². The van der Waals surface area contributed by atoms with Crippen molar-refractivity contribution in [3.8, 4) is 11.3 Å². The lowest BCUT2D eigenvalue weighted by Crippen LogP contribution is -2.24. The smallest absolute Gasteiger partial charge is 0.252 e. The van der Waals surface area contributed by atoms with Gasteiger partial charge in [0.2, 0.25) is 0 Å². The molecule has 4 aromatic rings. The highest BCUT2D eigenvalue weighted by Crippen LogP contribution is 2.29. The molecule has 1 heterocycles. The van der Waals surface area contributed by atoms with Gasteiger partial charge in [0.1, 0.15) is 0 Å². The van der Waals surface area contributed by atoms with E-state index >= 15 is 0 Å². The third-order valence-corrected chi connectivity index (χ3v) is 4.71. The first kappa shape index (κ1) is 17.0. The Bertz CT molecular complexity index is 1090. The van der Waals surface area contributed by atoms with Crippen LogP contribution in [-0.2, 0) is 6.54 Å². The highest BCUT2D eigenvalue weighted by atomic mass is 16.1. The highest BCUT2D eigenvalue weighted by Gasteiger charge is 2.18. The molecule has 0 spiro atoms. The van der Waals surface area contributed by atoms with Crippen LogP contribution in [0.5, 0.6) is 0 Å². The lowest BCUT2D eigenvalue weighted by Gasteiger charge is -2.15. The Morgan fingerprint density at radius 3 is 2.22 bits per heavy atom. The minimum Gasteiger partial charge on any atom is -0.348 e. The van der Waals surface area contributed by atoms with Crippen molar-refractivity contribution >= 4 is 16.8 Å². The molecule has 0 aliphatic heterocycles. The van der Waals surface area contributed by atoms with Crippen LogP contribution in [-0.4, -0.2) is 10.9 Å². The number of nitrogens with zero attached hydrogens (tertiary/aromatic N) is 1. The van der Waals surface area contributed by atoms with Crippen molar-refractivity contribution in [3.05, 3.63) is 102 Å². The van der Waals surface area contributed by atoms with Gasteiger partial charge < -0.3 is 5.32 Å². The molecule has 0 fully saturated rings. The summed E-state index contributed by atoms with van der Waals surface area (Å²) in [5, 5.41) is 3.94. The number of fused-ring (bicyclic) bond motifs is 1. The van der Waals surface area contributed by atoms with Crippen molar-refractivity contribution in [2.75, 3.05) is 0 Å². The molecule has 1 N–H and O–H groups in total. The summed E-state index contributed by atoms with van der Waals surface area (Å²) in [6.07, 6.45) is 0. The Balaban J connectivity index is 1.78. The summed E-state index contributed by atoms with van der Waals surface area (Å²) in [6, 6.07) is 27.7. The van der Waals surface area contributed by atoms with E-state index in [1.165, 1.54) is 0 Å². The number of nitrogens with one attached hydrogen (secondary N) is 1. The molecule has 1 aromatic heterocycles. The number of benzene rings is 3. The first-order chi connectivity index (χ1) is 13.2. The molecule has 0 saturated heterocycles. The summed E-state index contributed by atoms with van der Waals surface area (Å²) in [4.78, 5) is 17.9. The van der Waals surface area contributed by atoms with Gasteiger partial charge in [-0.3, -0.25) is 4.79 Å². The van der Waals surface area contributed by atoms with E-state index in [4.69, 9.17) is 4.98 Å². The number of para-hydroxylation sites is 1. The van der Waals surface area contributed by atoms with Crippen molar-refractivity contribution in [2.45, 2.75) is 13.5 Å². The average molecular weight is 352 g/mol. The molecule has 0 bridgehead atoms. The van der Waals surface area contributed by atoms with E-state index in [0.29, 0.717) is 12.1 Å². The van der Waals surface area contributed by atoms with E-state index in [1.54, 1.807) is 0 Å². The van der Waals surface area contributed by atoms with E-state index in [-0.39, 0.29) is 5.91 Å². The highest BCUT2D eigenvalue weighted by molar-refractivity contribution is 6.08. The van der Waals surface area contributed by atoms with Crippen molar-refractivity contribution in [1.82, 2.24) is 10.3 Å². The van der Waals surface area contributed by atoms with Gasteiger partial charge in [-0.1, -0.05) is 78.9 Å². The third kappa shape index (κ3) is 3.44. The molecule has 0 aliphatic rings. The van der Waals surface area contributed by atoms with Crippen LogP contribution in [0, 0.1) is 6.92 Å². The number of carbonyl (C=O) groups excluding carboxylic acids is 1. The SMILES string of the molecule is Cc1c(-c2ccccc2)nc2ccccc2c1C(=O)NCc1ccccc1. The van der Waals surface area contributed by atoms with Crippen LogP contribution in [0.3, 0.4) is 0 Å². The number of pyridine rings is 1. The van der Waals surface area contributed by atoms with Crippen LogP contribution in [0.15, 0.2) is 84.9 Å². The van der Waals surface area contributed by atoms with Gasteiger partial charge >= 0.3 is 0 Å². The molecule has 3 heteroatoms. The fourth-order valence-corrected chi connectivity index (χ4v) is 3.34. The summed E-state index contributed by atoms with van der Waals surface area (Å²) >= 11 is 0. The normalized spacial score (nSPS) is 10.7. The number of aromatic nitrogens is 1. The number of amides is 1. The van der Waals surface area contributed by atoms with Crippen LogP contribution in [0.2, 0.25) is 0 Å². The topological polar surface area (TPSA) is 42.0 Å². The molecule has 4 rings (SSSR count). The number of rotatable bonds is 4. The van der Waals surface area contributed by atoms with Gasteiger partial charge in [0.05, 0.1) is 16.8 Å². The Morgan fingerprint density at radius 1 is 0.852 bits per heavy atom. The number of hydrogen-bond acceptors (Lipinski definition) is 2. The van der Waals surface area contributed by atoms with Crippen molar-refractivity contribution < 1.29 is 4.79 Å². The molecule has 1 amide bonds. The Labute approximate surface area is 158 Å². The van der Waals surface area contributed by atoms with E-state index in [9.17, 15) is 4.79 Å². The summed E-state index contributed by atoms with van der Waals surface area (Å²) in [7, 11) is 0. The molecular weight excluding hydrogens is 332 g/mol. The van der Waals surface area contributed by atoms with Gasteiger partial charge in [-0.2, -0.15) is 0 Å². The zero-order valence-electron chi connectivity index (χ0n) is 15.1. The number of carbonyl (C=O) groups is 1. The second kappa shape index (κ2) is 7.42. The molecule has 3 nitrogen and oxygen atoms in total. The lowest BCUT2D eigenvalue weighted by molar-refractivity contribution is 0.0952. The van der Waals surface area contributed by atoms with Crippen LogP contribution in [0.25, 0.3) is 22.2 Å². The first-order valence-corrected chi connectivity index (χ1v) is 9.01. The Hall–Kier alpha value is -3.46. The van der Waals surface area contributed by atoms with Crippen molar-refractivity contribution in [2.24, 2.45) is 0 Å². The van der Waals surface area contributed by atoms with E-state index < -0.39 is 0 Å². The predicted octanol–water partition coefficient (Wildman–Crippen LogP) is 5.14. The van der Waals surface area contributed by atoms with Gasteiger partial charge in [-0.15, -0.1) is 0 Å². The molecule has 0 unspecified atom stereocenters. The van der Waals surface area contributed by atoms with E-state index in [0.717, 1.165) is 33.3 Å². The maximum atomic E-state index is 13.1. The molecular formula is C24H20N2O. The maximum absolute atomic E-state index is 13.1. The van der Waals surface area contributed by atoms with Crippen LogP contribution in [0.4, 0.5) is 0 Å². The average Bonchev–Trinajstić information content (AvgIpc) is 2.73. The van der Waals surface area contributed by atoms with Crippen molar-refractivity contribution in [1.29, 1.82) is 0 Å². The summed E-state index contributed by atoms with van der Waals surface area (Å²) in [5.41, 5.74) is 5.34. The maximum Gasteiger partial charge on any atom is 0.252 e. The zero-order valence-corrected chi connectivity index (χ0v) is 15.1. The quantitative estimate of drug-likeness (QED) is 0.552. The molecule has 0 saturated carbocycles. The summed E-state index contributed by atoms with van der Waals surface area (Å²) < 4.78 is 0. The molecule has 0 atom stereocenters. The summed E-state index contributed by atoms with van der Waals surface area (Å²) in [5.74, 6) is -0.0767. The van der Waals surface area contributed by atoms with Gasteiger partial charge in [0.25, 0.3) is 5.91 Å². The molecule has 0 radical (unpaired) electrons. The minimum atomic E-state index is -0.0767. The zero-order chi connectivity index (χ0) is 18.6.